The van der Waals surface area contributed by atoms with Crippen molar-refractivity contribution < 1.29 is 19.0 Å². The number of fused-ring (bicyclic) bond motifs is 1. The highest BCUT2D eigenvalue weighted by Gasteiger charge is 2.19. The Hall–Kier alpha value is -3.20. The Bertz CT molecular complexity index is 1020. The van der Waals surface area contributed by atoms with Gasteiger partial charge in [-0.2, -0.15) is 0 Å². The average molecular weight is 412 g/mol. The zero-order valence-electron chi connectivity index (χ0n) is 16.0. The number of ether oxygens (including phenoxy) is 3. The molecule has 1 aromatic heterocycles. The minimum absolute atomic E-state index is 0.156. The summed E-state index contributed by atoms with van der Waals surface area (Å²) in [7, 11) is 0. The molecule has 2 aromatic carbocycles. The number of hydrogen-bond donors (Lipinski definition) is 2. The molecule has 1 amide bonds. The van der Waals surface area contributed by atoms with Crippen molar-refractivity contribution in [3.8, 4) is 17.2 Å². The van der Waals surface area contributed by atoms with Crippen molar-refractivity contribution in [1.82, 2.24) is 15.2 Å². The molecule has 150 valence electrons. The smallest absolute Gasteiger partial charge is 0.237 e. The molecule has 1 atom stereocenters. The molecule has 0 radical (unpaired) electrons. The van der Waals surface area contributed by atoms with Crippen molar-refractivity contribution in [2.45, 2.75) is 30.9 Å². The lowest BCUT2D eigenvalue weighted by Gasteiger charge is -2.10. The molecule has 8 nitrogen and oxygen atoms in total. The molecule has 1 aliphatic rings. The third-order valence-electron chi connectivity index (χ3n) is 4.26. The van der Waals surface area contributed by atoms with E-state index in [4.69, 9.17) is 14.2 Å². The maximum Gasteiger partial charge on any atom is 0.237 e. The van der Waals surface area contributed by atoms with Crippen LogP contribution in [0.15, 0.2) is 47.6 Å². The first kappa shape index (κ1) is 19.1. The summed E-state index contributed by atoms with van der Waals surface area (Å²) in [5, 5.41) is 9.97. The predicted octanol–water partition coefficient (Wildman–Crippen LogP) is 3.54. The van der Waals surface area contributed by atoms with E-state index in [0.717, 1.165) is 11.3 Å². The number of aryl methyl sites for hydroxylation is 1. The van der Waals surface area contributed by atoms with E-state index in [-0.39, 0.29) is 24.6 Å². The van der Waals surface area contributed by atoms with Crippen molar-refractivity contribution in [1.29, 1.82) is 0 Å². The molecule has 0 saturated heterocycles. The second kappa shape index (κ2) is 8.44. The fraction of sp³-hybridized carbons (Fsp3) is 0.250. The molecular formula is C20H20N4O4S. The summed E-state index contributed by atoms with van der Waals surface area (Å²) in [5.41, 5.74) is 1.70. The quantitative estimate of drug-likeness (QED) is 0.573. The molecule has 4 rings (SSSR count). The van der Waals surface area contributed by atoms with Gasteiger partial charge in [-0.05, 0) is 37.6 Å². The summed E-state index contributed by atoms with van der Waals surface area (Å²) in [6.07, 6.45) is 0. The molecule has 3 aromatic rings. The van der Waals surface area contributed by atoms with Crippen LogP contribution >= 0.6 is 11.8 Å². The Morgan fingerprint density at radius 1 is 1.28 bits per heavy atom. The standard InChI is InChI=1S/C20H20N4O4S/c1-12-5-3-4-6-15(12)26-10-18-22-20(24-23-18)29-13(2)19(25)21-14-7-8-16-17(9-14)28-11-27-16/h3-9,13H,10-11H2,1-2H3,(H,21,25)(H,22,23,24)/t13-/m1/s1. The number of thioether (sulfide) groups is 1. The molecule has 0 spiro atoms. The van der Waals surface area contributed by atoms with Gasteiger partial charge in [-0.15, -0.1) is 5.10 Å². The average Bonchev–Trinajstić information content (AvgIpc) is 3.36. The number of nitrogens with zero attached hydrogens (tertiary/aromatic N) is 2. The van der Waals surface area contributed by atoms with Gasteiger partial charge >= 0.3 is 0 Å². The van der Waals surface area contributed by atoms with Crippen molar-refractivity contribution >= 4 is 23.4 Å². The van der Waals surface area contributed by atoms with Gasteiger partial charge in [0.2, 0.25) is 17.9 Å². The highest BCUT2D eigenvalue weighted by molar-refractivity contribution is 8.00. The maximum absolute atomic E-state index is 12.5. The van der Waals surface area contributed by atoms with Crippen molar-refractivity contribution in [2.24, 2.45) is 0 Å². The minimum Gasteiger partial charge on any atom is -0.485 e. The largest absolute Gasteiger partial charge is 0.485 e. The van der Waals surface area contributed by atoms with E-state index in [9.17, 15) is 4.79 Å². The third kappa shape index (κ3) is 4.62. The first-order chi connectivity index (χ1) is 14.1. The SMILES string of the molecule is Cc1ccccc1OCc1nc(S[C@H](C)C(=O)Nc2ccc3c(c2)OCO3)n[nH]1. The number of rotatable bonds is 7. The lowest BCUT2D eigenvalue weighted by Crippen LogP contribution is -2.22. The van der Waals surface area contributed by atoms with Gasteiger partial charge in [0.05, 0.1) is 5.25 Å². The van der Waals surface area contributed by atoms with Crippen LogP contribution in [0.4, 0.5) is 5.69 Å². The summed E-state index contributed by atoms with van der Waals surface area (Å²) in [5.74, 6) is 2.53. The van der Waals surface area contributed by atoms with Crippen LogP contribution in [0.2, 0.25) is 0 Å². The van der Waals surface area contributed by atoms with Crippen molar-refractivity contribution in [3.05, 3.63) is 53.9 Å². The van der Waals surface area contributed by atoms with Gasteiger partial charge in [0.1, 0.15) is 12.4 Å². The number of aromatic amines is 1. The Morgan fingerprint density at radius 2 is 2.10 bits per heavy atom. The number of para-hydroxylation sites is 1. The summed E-state index contributed by atoms with van der Waals surface area (Å²) in [4.78, 5) is 16.9. The first-order valence-electron chi connectivity index (χ1n) is 9.05. The van der Waals surface area contributed by atoms with Gasteiger partial charge in [0, 0.05) is 11.8 Å². The number of hydrogen-bond acceptors (Lipinski definition) is 7. The molecule has 0 unspecified atom stereocenters. The second-order valence-electron chi connectivity index (χ2n) is 6.44. The van der Waals surface area contributed by atoms with Crippen LogP contribution in [0.3, 0.4) is 0 Å². The van der Waals surface area contributed by atoms with Gasteiger partial charge in [0.15, 0.2) is 17.3 Å². The van der Waals surface area contributed by atoms with Gasteiger partial charge in [0.25, 0.3) is 0 Å². The third-order valence-corrected chi connectivity index (χ3v) is 5.22. The number of anilines is 1. The molecule has 2 heterocycles. The van der Waals surface area contributed by atoms with E-state index in [2.05, 4.69) is 20.5 Å². The fourth-order valence-electron chi connectivity index (χ4n) is 2.69. The predicted molar refractivity (Wildman–Crippen MR) is 108 cm³/mol. The summed E-state index contributed by atoms with van der Waals surface area (Å²) < 4.78 is 16.4. The lowest BCUT2D eigenvalue weighted by atomic mass is 10.2. The van der Waals surface area contributed by atoms with E-state index >= 15 is 0 Å². The van der Waals surface area contributed by atoms with Crippen molar-refractivity contribution in [3.63, 3.8) is 0 Å². The van der Waals surface area contributed by atoms with Crippen LogP contribution in [0.25, 0.3) is 0 Å². The molecule has 0 fully saturated rings. The van der Waals surface area contributed by atoms with Crippen LogP contribution in [-0.2, 0) is 11.4 Å². The number of carbonyl (C=O) groups excluding carboxylic acids is 1. The van der Waals surface area contributed by atoms with Crippen molar-refractivity contribution in [2.75, 3.05) is 12.1 Å². The van der Waals surface area contributed by atoms with Gasteiger partial charge in [-0.3, -0.25) is 9.89 Å². The number of H-pyrrole nitrogens is 1. The molecule has 9 heteroatoms. The fourth-order valence-corrected chi connectivity index (χ4v) is 3.43. The van der Waals surface area contributed by atoms with Crippen LogP contribution in [0.5, 0.6) is 17.2 Å². The summed E-state index contributed by atoms with van der Waals surface area (Å²) in [6.45, 7) is 4.25. The number of amides is 1. The first-order valence-corrected chi connectivity index (χ1v) is 9.93. The Morgan fingerprint density at radius 3 is 2.97 bits per heavy atom. The zero-order chi connectivity index (χ0) is 20.2. The van der Waals surface area contributed by atoms with Gasteiger partial charge in [-0.1, -0.05) is 30.0 Å². The van der Waals surface area contributed by atoms with E-state index in [1.807, 2.05) is 31.2 Å². The lowest BCUT2D eigenvalue weighted by molar-refractivity contribution is -0.115. The Balaban J connectivity index is 1.31. The zero-order valence-corrected chi connectivity index (χ0v) is 16.8. The van der Waals surface area contributed by atoms with Gasteiger partial charge < -0.3 is 19.5 Å². The van der Waals surface area contributed by atoms with E-state index in [0.29, 0.717) is 28.2 Å². The topological polar surface area (TPSA) is 98.4 Å². The molecule has 29 heavy (non-hydrogen) atoms. The van der Waals surface area contributed by atoms with Crippen LogP contribution in [0.1, 0.15) is 18.3 Å². The molecule has 0 saturated carbocycles. The van der Waals surface area contributed by atoms with Crippen LogP contribution < -0.4 is 19.5 Å². The highest BCUT2D eigenvalue weighted by atomic mass is 32.2. The van der Waals surface area contributed by atoms with Crippen LogP contribution in [0, 0.1) is 6.92 Å². The number of aromatic nitrogens is 3. The summed E-state index contributed by atoms with van der Waals surface area (Å²) >= 11 is 1.27. The maximum atomic E-state index is 12.5. The number of benzene rings is 2. The van der Waals surface area contributed by atoms with E-state index in [1.54, 1.807) is 25.1 Å². The highest BCUT2D eigenvalue weighted by Crippen LogP contribution is 2.34. The molecule has 0 bridgehead atoms. The Labute approximate surface area is 172 Å². The van der Waals surface area contributed by atoms with E-state index in [1.165, 1.54) is 11.8 Å². The Kier molecular flexibility index (Phi) is 5.57. The minimum atomic E-state index is -0.388. The van der Waals surface area contributed by atoms with Crippen LogP contribution in [-0.4, -0.2) is 33.1 Å². The number of carbonyl (C=O) groups is 1. The monoisotopic (exact) mass is 412 g/mol. The molecule has 0 aliphatic carbocycles. The molecular weight excluding hydrogens is 392 g/mol. The molecule has 1 aliphatic heterocycles. The summed E-state index contributed by atoms with van der Waals surface area (Å²) in [6, 6.07) is 13.1. The normalized spacial score (nSPS) is 13.2. The second-order valence-corrected chi connectivity index (χ2v) is 7.74. The molecule has 2 N–H and O–H groups in total. The van der Waals surface area contributed by atoms with Gasteiger partial charge in [-0.25, -0.2) is 4.98 Å². The van der Waals surface area contributed by atoms with E-state index < -0.39 is 0 Å². The number of nitrogens with one attached hydrogen (secondary N) is 2.